The summed E-state index contributed by atoms with van der Waals surface area (Å²) in [5.74, 6) is -0.659. The first-order chi connectivity index (χ1) is 14.6. The van der Waals surface area contributed by atoms with E-state index in [1.54, 1.807) is 24.3 Å². The second kappa shape index (κ2) is 10.2. The maximum Gasteiger partial charge on any atom is 0.347 e. The van der Waals surface area contributed by atoms with Gasteiger partial charge in [-0.15, -0.1) is 0 Å². The number of ether oxygens (including phenoxy) is 1. The number of benzene rings is 3. The lowest BCUT2D eigenvalue weighted by Crippen LogP contribution is -2.40. The van der Waals surface area contributed by atoms with E-state index in [2.05, 4.69) is 18.7 Å². The van der Waals surface area contributed by atoms with Gasteiger partial charge in [0.05, 0.1) is 0 Å². The minimum absolute atomic E-state index is 0.234. The predicted molar refractivity (Wildman–Crippen MR) is 120 cm³/mol. The van der Waals surface area contributed by atoms with Crippen molar-refractivity contribution >= 4 is 5.97 Å². The van der Waals surface area contributed by atoms with E-state index in [1.807, 2.05) is 60.7 Å². The molecule has 3 aromatic carbocycles. The molecule has 0 fully saturated rings. The molecule has 0 saturated heterocycles. The number of esters is 1. The number of hydrogen-bond donors (Lipinski definition) is 1. The van der Waals surface area contributed by atoms with Gasteiger partial charge in [-0.05, 0) is 35.3 Å². The monoisotopic (exact) mass is 403 g/mol. The van der Waals surface area contributed by atoms with Gasteiger partial charge in [0.1, 0.15) is 6.61 Å². The van der Waals surface area contributed by atoms with Gasteiger partial charge in [-0.2, -0.15) is 0 Å². The molecule has 0 aliphatic carbocycles. The zero-order valence-corrected chi connectivity index (χ0v) is 17.6. The molecule has 0 radical (unpaired) electrons. The van der Waals surface area contributed by atoms with Gasteiger partial charge in [0.25, 0.3) is 0 Å². The normalized spacial score (nSPS) is 13.1. The molecule has 0 aliphatic heterocycles. The predicted octanol–water partition coefficient (Wildman–Crippen LogP) is 4.47. The second-order valence-corrected chi connectivity index (χ2v) is 7.18. The molecule has 4 heteroatoms. The van der Waals surface area contributed by atoms with Crippen LogP contribution in [0.5, 0.6) is 0 Å². The molecule has 0 aromatic heterocycles. The highest BCUT2D eigenvalue weighted by molar-refractivity contribution is 5.85. The Morgan fingerprint density at radius 1 is 0.800 bits per heavy atom. The van der Waals surface area contributed by atoms with Crippen LogP contribution in [0.15, 0.2) is 84.9 Å². The summed E-state index contributed by atoms with van der Waals surface area (Å²) in [5, 5.41) is 11.6. The number of hydrogen-bond acceptors (Lipinski definition) is 4. The Morgan fingerprint density at radius 2 is 1.30 bits per heavy atom. The van der Waals surface area contributed by atoms with Crippen LogP contribution in [-0.2, 0) is 15.1 Å². The van der Waals surface area contributed by atoms with Crippen LogP contribution in [0.1, 0.15) is 25.0 Å². The molecule has 30 heavy (non-hydrogen) atoms. The van der Waals surface area contributed by atoms with Crippen LogP contribution in [-0.4, -0.2) is 42.2 Å². The fraction of sp³-hybridized carbons (Fsp3) is 0.269. The SMILES string of the molecule is CCN(CC)CCOC(=O)[C@](O)(c1ccccc1)c1ccc(-c2ccccc2)cc1. The van der Waals surface area contributed by atoms with Crippen molar-refractivity contribution in [2.24, 2.45) is 0 Å². The molecule has 0 aliphatic rings. The van der Waals surface area contributed by atoms with Gasteiger partial charge in [-0.3, -0.25) is 0 Å². The number of aliphatic hydroxyl groups is 1. The fourth-order valence-corrected chi connectivity index (χ4v) is 3.53. The van der Waals surface area contributed by atoms with Gasteiger partial charge >= 0.3 is 5.97 Å². The molecule has 0 unspecified atom stereocenters. The van der Waals surface area contributed by atoms with Crippen LogP contribution in [0.3, 0.4) is 0 Å². The molecule has 0 bridgehead atoms. The lowest BCUT2D eigenvalue weighted by atomic mass is 9.85. The molecule has 0 heterocycles. The third-order valence-corrected chi connectivity index (χ3v) is 5.43. The Bertz CT molecular complexity index is 922. The lowest BCUT2D eigenvalue weighted by molar-refractivity contribution is -0.162. The van der Waals surface area contributed by atoms with Gasteiger partial charge in [-0.25, -0.2) is 4.79 Å². The number of rotatable bonds is 9. The minimum atomic E-state index is -1.86. The van der Waals surface area contributed by atoms with E-state index < -0.39 is 11.6 Å². The summed E-state index contributed by atoms with van der Waals surface area (Å²) in [6.45, 7) is 6.78. The smallest absolute Gasteiger partial charge is 0.347 e. The zero-order valence-electron chi connectivity index (χ0n) is 17.6. The maximum absolute atomic E-state index is 13.1. The van der Waals surface area contributed by atoms with Crippen LogP contribution in [0.25, 0.3) is 11.1 Å². The van der Waals surface area contributed by atoms with E-state index in [9.17, 15) is 9.90 Å². The lowest BCUT2D eigenvalue weighted by Gasteiger charge is -2.28. The Balaban J connectivity index is 1.88. The van der Waals surface area contributed by atoms with Crippen molar-refractivity contribution < 1.29 is 14.6 Å². The number of likely N-dealkylation sites (N-methyl/N-ethyl adjacent to an activating group) is 1. The Labute approximate surface area is 178 Å². The van der Waals surface area contributed by atoms with Gasteiger partial charge < -0.3 is 14.7 Å². The van der Waals surface area contributed by atoms with E-state index >= 15 is 0 Å². The van der Waals surface area contributed by atoms with Crippen molar-refractivity contribution in [3.63, 3.8) is 0 Å². The van der Waals surface area contributed by atoms with Crippen LogP contribution in [0.2, 0.25) is 0 Å². The zero-order chi connectivity index (χ0) is 21.4. The number of carbonyl (C=O) groups excluding carboxylic acids is 1. The average Bonchev–Trinajstić information content (AvgIpc) is 2.82. The Hall–Kier alpha value is -2.95. The standard InChI is InChI=1S/C26H29NO3/c1-3-27(4-2)19-20-30-25(28)26(29,23-13-9-6-10-14-23)24-17-15-22(16-18-24)21-11-7-5-8-12-21/h5-18,29H,3-4,19-20H2,1-2H3/t26-/m0/s1. The molecule has 0 spiro atoms. The molecule has 4 nitrogen and oxygen atoms in total. The highest BCUT2D eigenvalue weighted by Crippen LogP contribution is 2.32. The molecule has 0 saturated carbocycles. The molecule has 1 atom stereocenters. The van der Waals surface area contributed by atoms with Crippen molar-refractivity contribution in [1.29, 1.82) is 0 Å². The fourth-order valence-electron chi connectivity index (χ4n) is 3.53. The van der Waals surface area contributed by atoms with E-state index in [4.69, 9.17) is 4.74 Å². The molecule has 156 valence electrons. The molecule has 3 rings (SSSR count). The van der Waals surface area contributed by atoms with Crippen molar-refractivity contribution in [3.8, 4) is 11.1 Å². The molecule has 3 aromatic rings. The summed E-state index contributed by atoms with van der Waals surface area (Å²) >= 11 is 0. The molecular weight excluding hydrogens is 374 g/mol. The first kappa shape index (κ1) is 21.8. The summed E-state index contributed by atoms with van der Waals surface area (Å²) in [4.78, 5) is 15.3. The summed E-state index contributed by atoms with van der Waals surface area (Å²) in [5.41, 5.74) is 1.21. The van der Waals surface area contributed by atoms with Crippen molar-refractivity contribution in [2.45, 2.75) is 19.4 Å². The topological polar surface area (TPSA) is 49.8 Å². The Morgan fingerprint density at radius 3 is 1.87 bits per heavy atom. The van der Waals surface area contributed by atoms with E-state index in [1.165, 1.54) is 0 Å². The largest absolute Gasteiger partial charge is 0.462 e. The van der Waals surface area contributed by atoms with Crippen molar-refractivity contribution in [2.75, 3.05) is 26.2 Å². The highest BCUT2D eigenvalue weighted by Gasteiger charge is 2.41. The van der Waals surface area contributed by atoms with Crippen molar-refractivity contribution in [3.05, 3.63) is 96.1 Å². The van der Waals surface area contributed by atoms with Crippen LogP contribution < -0.4 is 0 Å². The third kappa shape index (κ3) is 4.78. The van der Waals surface area contributed by atoms with E-state index in [0.29, 0.717) is 17.7 Å². The van der Waals surface area contributed by atoms with E-state index in [-0.39, 0.29) is 6.61 Å². The van der Waals surface area contributed by atoms with Crippen LogP contribution in [0, 0.1) is 0 Å². The number of nitrogens with zero attached hydrogens (tertiary/aromatic N) is 1. The second-order valence-electron chi connectivity index (χ2n) is 7.18. The maximum atomic E-state index is 13.1. The summed E-state index contributed by atoms with van der Waals surface area (Å²) < 4.78 is 5.53. The van der Waals surface area contributed by atoms with Gasteiger partial charge in [-0.1, -0.05) is 98.8 Å². The van der Waals surface area contributed by atoms with Crippen molar-refractivity contribution in [1.82, 2.24) is 4.90 Å². The van der Waals surface area contributed by atoms with Gasteiger partial charge in [0, 0.05) is 6.54 Å². The quantitative estimate of drug-likeness (QED) is 0.536. The molecular formula is C26H29NO3. The molecule has 0 amide bonds. The summed E-state index contributed by atoms with van der Waals surface area (Å²) in [6, 6.07) is 26.4. The van der Waals surface area contributed by atoms with Crippen LogP contribution in [0.4, 0.5) is 0 Å². The third-order valence-electron chi connectivity index (χ3n) is 5.43. The number of carbonyl (C=O) groups is 1. The van der Waals surface area contributed by atoms with E-state index in [0.717, 1.165) is 24.2 Å². The highest BCUT2D eigenvalue weighted by atomic mass is 16.5. The van der Waals surface area contributed by atoms with Crippen LogP contribution >= 0.6 is 0 Å². The molecule has 1 N–H and O–H groups in total. The average molecular weight is 404 g/mol. The summed E-state index contributed by atoms with van der Waals surface area (Å²) in [6.07, 6.45) is 0. The first-order valence-corrected chi connectivity index (χ1v) is 10.4. The summed E-state index contributed by atoms with van der Waals surface area (Å²) in [7, 11) is 0. The Kier molecular flexibility index (Phi) is 7.39. The van der Waals surface area contributed by atoms with Gasteiger partial charge in [0.15, 0.2) is 0 Å². The first-order valence-electron chi connectivity index (χ1n) is 10.4. The minimum Gasteiger partial charge on any atom is -0.462 e. The van der Waals surface area contributed by atoms with Gasteiger partial charge in [0.2, 0.25) is 5.60 Å².